The lowest BCUT2D eigenvalue weighted by atomic mass is 9.86. The summed E-state index contributed by atoms with van der Waals surface area (Å²) in [4.78, 5) is 24.9. The largest absolute Gasteiger partial charge is 0.352 e. The van der Waals surface area contributed by atoms with Crippen LogP contribution in [0.1, 0.15) is 68.7 Å². The summed E-state index contributed by atoms with van der Waals surface area (Å²) in [6.07, 6.45) is 4.68. The van der Waals surface area contributed by atoms with Crippen molar-refractivity contribution >= 4 is 23.6 Å². The number of hydrogen-bond donors (Lipinski definition) is 2. The number of nitrogens with one attached hydrogen (secondary N) is 2. The average molecular weight is 430 g/mol. The van der Waals surface area contributed by atoms with Crippen molar-refractivity contribution in [2.24, 2.45) is 5.92 Å². The van der Waals surface area contributed by atoms with Gasteiger partial charge < -0.3 is 15.2 Å². The van der Waals surface area contributed by atoms with Crippen LogP contribution in [0.25, 0.3) is 0 Å². The lowest BCUT2D eigenvalue weighted by Gasteiger charge is -2.29. The molecule has 1 aromatic heterocycles. The minimum atomic E-state index is -0.295. The van der Waals surface area contributed by atoms with Gasteiger partial charge >= 0.3 is 0 Å². The van der Waals surface area contributed by atoms with E-state index in [0.717, 1.165) is 6.42 Å². The summed E-state index contributed by atoms with van der Waals surface area (Å²) in [5.74, 6) is 1.42. The standard InChI is InChI=1S/C22H31N5O2S/c1-4-27-20(16(3)23-21(29)17-11-6-5-7-12-17)25-26-22(27)30-14-19(28)24-18-13-9-8-10-15(18)2/h5-7,11-12,15-16,18H,4,8-10,13-14H2,1-3H3,(H,23,29)(H,24,28)/t15-,16-,18-/m1/s1. The number of amides is 2. The first-order valence-electron chi connectivity index (χ1n) is 10.7. The van der Waals surface area contributed by atoms with Gasteiger partial charge in [-0.1, -0.05) is 49.7 Å². The van der Waals surface area contributed by atoms with E-state index >= 15 is 0 Å². The van der Waals surface area contributed by atoms with Crippen molar-refractivity contribution in [2.45, 2.75) is 70.2 Å². The zero-order valence-corrected chi connectivity index (χ0v) is 18.7. The number of carbonyl (C=O) groups is 2. The van der Waals surface area contributed by atoms with Crippen LogP contribution in [0, 0.1) is 5.92 Å². The average Bonchev–Trinajstić information content (AvgIpc) is 3.17. The van der Waals surface area contributed by atoms with Crippen molar-refractivity contribution < 1.29 is 9.59 Å². The van der Waals surface area contributed by atoms with Crippen LogP contribution in [0.15, 0.2) is 35.5 Å². The molecule has 0 spiro atoms. The normalized spacial score (nSPS) is 19.8. The number of hydrogen-bond acceptors (Lipinski definition) is 5. The van der Waals surface area contributed by atoms with Crippen molar-refractivity contribution in [1.29, 1.82) is 0 Å². The zero-order valence-electron chi connectivity index (χ0n) is 17.9. The molecule has 8 heteroatoms. The Morgan fingerprint density at radius 2 is 1.93 bits per heavy atom. The molecule has 0 bridgehead atoms. The summed E-state index contributed by atoms with van der Waals surface area (Å²) < 4.78 is 1.96. The summed E-state index contributed by atoms with van der Waals surface area (Å²) in [6, 6.07) is 9.09. The van der Waals surface area contributed by atoms with Gasteiger partial charge in [-0.2, -0.15) is 0 Å². The third-order valence-electron chi connectivity index (χ3n) is 5.62. The lowest BCUT2D eigenvalue weighted by Crippen LogP contribution is -2.41. The van der Waals surface area contributed by atoms with E-state index in [1.807, 2.05) is 36.6 Å². The predicted octanol–water partition coefficient (Wildman–Crippen LogP) is 3.58. The lowest BCUT2D eigenvalue weighted by molar-refractivity contribution is -0.119. The molecule has 7 nitrogen and oxygen atoms in total. The third-order valence-corrected chi connectivity index (χ3v) is 6.59. The minimum Gasteiger partial charge on any atom is -0.352 e. The maximum atomic E-state index is 12.4. The summed E-state index contributed by atoms with van der Waals surface area (Å²) in [5.41, 5.74) is 0.607. The van der Waals surface area contributed by atoms with Gasteiger partial charge in [-0.25, -0.2) is 0 Å². The van der Waals surface area contributed by atoms with Crippen molar-refractivity contribution in [1.82, 2.24) is 25.4 Å². The quantitative estimate of drug-likeness (QED) is 0.626. The van der Waals surface area contributed by atoms with Crippen LogP contribution in [0.5, 0.6) is 0 Å². The molecule has 0 aliphatic heterocycles. The van der Waals surface area contributed by atoms with Crippen LogP contribution in [-0.4, -0.2) is 38.4 Å². The number of thioether (sulfide) groups is 1. The summed E-state index contributed by atoms with van der Waals surface area (Å²) >= 11 is 1.39. The highest BCUT2D eigenvalue weighted by molar-refractivity contribution is 7.99. The van der Waals surface area contributed by atoms with Gasteiger partial charge in [0, 0.05) is 18.2 Å². The molecule has 2 aromatic rings. The van der Waals surface area contributed by atoms with Crippen LogP contribution in [0.4, 0.5) is 0 Å². The molecule has 2 N–H and O–H groups in total. The first kappa shape index (κ1) is 22.3. The molecular formula is C22H31N5O2S. The molecule has 0 radical (unpaired) electrons. The van der Waals surface area contributed by atoms with Gasteiger partial charge in [-0.05, 0) is 44.7 Å². The van der Waals surface area contributed by atoms with E-state index in [0.29, 0.717) is 34.8 Å². The van der Waals surface area contributed by atoms with Crippen LogP contribution in [0.3, 0.4) is 0 Å². The fourth-order valence-corrected chi connectivity index (χ4v) is 4.69. The second kappa shape index (κ2) is 10.6. The Balaban J connectivity index is 1.58. The molecule has 30 heavy (non-hydrogen) atoms. The number of rotatable bonds is 8. The Labute approximate surface area is 182 Å². The highest BCUT2D eigenvalue weighted by Gasteiger charge is 2.24. The minimum absolute atomic E-state index is 0.0383. The Kier molecular flexibility index (Phi) is 7.90. The molecule has 162 valence electrons. The highest BCUT2D eigenvalue weighted by atomic mass is 32.2. The molecule has 3 atom stereocenters. The molecular weight excluding hydrogens is 398 g/mol. The van der Waals surface area contributed by atoms with E-state index in [1.165, 1.54) is 31.0 Å². The number of benzene rings is 1. The van der Waals surface area contributed by atoms with Crippen LogP contribution < -0.4 is 10.6 Å². The molecule has 3 rings (SSSR count). The number of aromatic nitrogens is 3. The zero-order chi connectivity index (χ0) is 21.5. The maximum Gasteiger partial charge on any atom is 0.251 e. The van der Waals surface area contributed by atoms with Gasteiger partial charge in [0.25, 0.3) is 5.91 Å². The van der Waals surface area contributed by atoms with Crippen molar-refractivity contribution in [2.75, 3.05) is 5.75 Å². The Morgan fingerprint density at radius 3 is 2.63 bits per heavy atom. The topological polar surface area (TPSA) is 88.9 Å². The molecule has 1 saturated carbocycles. The van der Waals surface area contributed by atoms with E-state index in [-0.39, 0.29) is 23.9 Å². The van der Waals surface area contributed by atoms with Crippen molar-refractivity contribution in [3.63, 3.8) is 0 Å². The Hall–Kier alpha value is -2.35. The Bertz CT molecular complexity index is 854. The van der Waals surface area contributed by atoms with E-state index in [1.54, 1.807) is 12.1 Å². The SMILES string of the molecule is CCn1c(SCC(=O)N[C@@H]2CCCC[C@H]2C)nnc1[C@@H](C)NC(=O)c1ccccc1. The van der Waals surface area contributed by atoms with Crippen LogP contribution in [0.2, 0.25) is 0 Å². The first-order valence-corrected chi connectivity index (χ1v) is 11.7. The van der Waals surface area contributed by atoms with Crippen LogP contribution in [-0.2, 0) is 11.3 Å². The van der Waals surface area contributed by atoms with Gasteiger partial charge in [-0.3, -0.25) is 9.59 Å². The first-order chi connectivity index (χ1) is 14.5. The van der Waals surface area contributed by atoms with E-state index in [4.69, 9.17) is 0 Å². The molecule has 2 amide bonds. The Morgan fingerprint density at radius 1 is 1.20 bits per heavy atom. The summed E-state index contributed by atoms with van der Waals surface area (Å²) in [5, 5.41) is 15.4. The van der Waals surface area contributed by atoms with Crippen LogP contribution >= 0.6 is 11.8 Å². The van der Waals surface area contributed by atoms with Gasteiger partial charge in [0.2, 0.25) is 5.91 Å². The van der Waals surface area contributed by atoms with Gasteiger partial charge in [-0.15, -0.1) is 10.2 Å². The molecule has 0 unspecified atom stereocenters. The van der Waals surface area contributed by atoms with Gasteiger partial charge in [0.15, 0.2) is 11.0 Å². The monoisotopic (exact) mass is 429 g/mol. The highest BCUT2D eigenvalue weighted by Crippen LogP contribution is 2.24. The molecule has 1 fully saturated rings. The van der Waals surface area contributed by atoms with E-state index in [9.17, 15) is 9.59 Å². The van der Waals surface area contributed by atoms with Crippen molar-refractivity contribution in [3.8, 4) is 0 Å². The fourth-order valence-electron chi connectivity index (χ4n) is 3.87. The molecule has 1 aliphatic carbocycles. The maximum absolute atomic E-state index is 12.4. The molecule has 1 heterocycles. The summed E-state index contributed by atoms with van der Waals surface area (Å²) in [7, 11) is 0. The van der Waals surface area contributed by atoms with E-state index in [2.05, 4.69) is 27.8 Å². The smallest absolute Gasteiger partial charge is 0.251 e. The predicted molar refractivity (Wildman–Crippen MR) is 118 cm³/mol. The second-order valence-electron chi connectivity index (χ2n) is 7.87. The number of nitrogens with zero attached hydrogens (tertiary/aromatic N) is 3. The molecule has 0 saturated heterocycles. The summed E-state index contributed by atoms with van der Waals surface area (Å²) in [6.45, 7) is 6.77. The third kappa shape index (κ3) is 5.62. The fraction of sp³-hybridized carbons (Fsp3) is 0.545. The molecule has 1 aromatic carbocycles. The second-order valence-corrected chi connectivity index (χ2v) is 8.81. The van der Waals surface area contributed by atoms with Gasteiger partial charge in [0.1, 0.15) is 0 Å². The van der Waals surface area contributed by atoms with Crippen molar-refractivity contribution in [3.05, 3.63) is 41.7 Å². The molecule has 1 aliphatic rings. The number of carbonyl (C=O) groups excluding carboxylic acids is 2. The van der Waals surface area contributed by atoms with E-state index < -0.39 is 0 Å². The van der Waals surface area contributed by atoms with Gasteiger partial charge in [0.05, 0.1) is 11.8 Å².